The fraction of sp³-hybridized carbons (Fsp3) is 0.214. The number of aryl methyl sites for hydroxylation is 3. The van der Waals surface area contributed by atoms with Crippen LogP contribution in [0.2, 0.25) is 0 Å². The van der Waals surface area contributed by atoms with E-state index in [4.69, 9.17) is 5.10 Å². The molecule has 8 heteroatoms. The lowest BCUT2D eigenvalue weighted by atomic mass is 10.1. The molecule has 0 saturated heterocycles. The Morgan fingerprint density at radius 1 is 1.03 bits per heavy atom. The maximum Gasteiger partial charge on any atom is 0.262 e. The van der Waals surface area contributed by atoms with E-state index in [1.165, 1.54) is 22.2 Å². The molecule has 2 aromatic carbocycles. The van der Waals surface area contributed by atoms with Gasteiger partial charge in [-0.1, -0.05) is 60.7 Å². The first kappa shape index (κ1) is 23.7. The molecule has 1 N–H and O–H groups in total. The van der Waals surface area contributed by atoms with Crippen LogP contribution in [0.5, 0.6) is 0 Å². The minimum absolute atomic E-state index is 0.0943. The standard InChI is InChI=1S/C28H27N5O2S/c1-19-20(2)36-27-25(19)28(35)32(18-30-27)14-13-24(34)29-15-23-17-33(16-21-9-5-3-6-10-21)31-26(23)22-11-7-4-8-12-22/h3-12,17-18H,13-16H2,1-2H3,(H,29,34). The third kappa shape index (κ3) is 4.99. The summed E-state index contributed by atoms with van der Waals surface area (Å²) in [6.07, 6.45) is 3.71. The Kier molecular flexibility index (Phi) is 6.77. The summed E-state index contributed by atoms with van der Waals surface area (Å²) in [5.74, 6) is -0.130. The van der Waals surface area contributed by atoms with Crippen LogP contribution in [-0.2, 0) is 24.4 Å². The maximum absolute atomic E-state index is 12.9. The van der Waals surface area contributed by atoms with Crippen molar-refractivity contribution in [1.82, 2.24) is 24.6 Å². The van der Waals surface area contributed by atoms with Crippen LogP contribution in [-0.4, -0.2) is 25.2 Å². The number of carbonyl (C=O) groups is 1. The zero-order valence-electron chi connectivity index (χ0n) is 20.3. The summed E-state index contributed by atoms with van der Waals surface area (Å²) in [6.45, 7) is 5.21. The number of amides is 1. The average molecular weight is 498 g/mol. The van der Waals surface area contributed by atoms with E-state index in [0.29, 0.717) is 18.5 Å². The average Bonchev–Trinajstić information content (AvgIpc) is 3.43. The van der Waals surface area contributed by atoms with Gasteiger partial charge in [-0.05, 0) is 25.0 Å². The Labute approximate surface area is 213 Å². The zero-order chi connectivity index (χ0) is 25.1. The van der Waals surface area contributed by atoms with Crippen molar-refractivity contribution in [3.8, 4) is 11.3 Å². The topological polar surface area (TPSA) is 81.8 Å². The first-order valence-electron chi connectivity index (χ1n) is 11.9. The lowest BCUT2D eigenvalue weighted by Crippen LogP contribution is -2.27. The number of fused-ring (bicyclic) bond motifs is 1. The Balaban J connectivity index is 1.29. The highest BCUT2D eigenvalue weighted by Gasteiger charge is 2.15. The highest BCUT2D eigenvalue weighted by Crippen LogP contribution is 2.25. The van der Waals surface area contributed by atoms with Gasteiger partial charge in [-0.25, -0.2) is 4.98 Å². The fourth-order valence-electron chi connectivity index (χ4n) is 4.22. The van der Waals surface area contributed by atoms with Gasteiger partial charge in [0.2, 0.25) is 5.91 Å². The predicted molar refractivity (Wildman–Crippen MR) is 143 cm³/mol. The summed E-state index contributed by atoms with van der Waals surface area (Å²) in [5, 5.41) is 8.46. The number of rotatable bonds is 8. The lowest BCUT2D eigenvalue weighted by Gasteiger charge is -2.08. The molecule has 0 atom stereocenters. The van der Waals surface area contributed by atoms with Gasteiger partial charge in [-0.3, -0.25) is 18.8 Å². The highest BCUT2D eigenvalue weighted by molar-refractivity contribution is 7.18. The third-order valence-corrected chi connectivity index (χ3v) is 7.40. The highest BCUT2D eigenvalue weighted by atomic mass is 32.1. The molecule has 0 fully saturated rings. The second-order valence-electron chi connectivity index (χ2n) is 8.79. The van der Waals surface area contributed by atoms with Gasteiger partial charge < -0.3 is 5.32 Å². The van der Waals surface area contributed by atoms with E-state index in [-0.39, 0.29) is 24.4 Å². The van der Waals surface area contributed by atoms with Gasteiger partial charge in [0.15, 0.2) is 0 Å². The van der Waals surface area contributed by atoms with Crippen LogP contribution in [0, 0.1) is 13.8 Å². The van der Waals surface area contributed by atoms with Crippen molar-refractivity contribution in [3.05, 3.63) is 105 Å². The Hall–Kier alpha value is -4.04. The van der Waals surface area contributed by atoms with Crippen molar-refractivity contribution < 1.29 is 4.79 Å². The molecule has 1 amide bonds. The lowest BCUT2D eigenvalue weighted by molar-refractivity contribution is -0.121. The quantitative estimate of drug-likeness (QED) is 0.337. The van der Waals surface area contributed by atoms with Crippen molar-refractivity contribution >= 4 is 27.5 Å². The molecule has 3 heterocycles. The van der Waals surface area contributed by atoms with Gasteiger partial charge in [0.1, 0.15) is 4.83 Å². The number of carbonyl (C=O) groups excluding carboxylic acids is 1. The van der Waals surface area contributed by atoms with Gasteiger partial charge >= 0.3 is 0 Å². The molecule has 0 saturated carbocycles. The van der Waals surface area contributed by atoms with Crippen LogP contribution in [0.15, 0.2) is 78.0 Å². The summed E-state index contributed by atoms with van der Waals surface area (Å²) in [7, 11) is 0. The minimum atomic E-state index is -0.130. The molecule has 0 bridgehead atoms. The molecule has 0 unspecified atom stereocenters. The van der Waals surface area contributed by atoms with Crippen molar-refractivity contribution in [2.45, 2.75) is 39.9 Å². The summed E-state index contributed by atoms with van der Waals surface area (Å²) in [4.78, 5) is 31.9. The van der Waals surface area contributed by atoms with Gasteiger partial charge in [0.05, 0.1) is 24.0 Å². The molecule has 0 aliphatic rings. The maximum atomic E-state index is 12.9. The second-order valence-corrected chi connectivity index (χ2v) is 9.99. The first-order valence-corrected chi connectivity index (χ1v) is 12.7. The minimum Gasteiger partial charge on any atom is -0.352 e. The van der Waals surface area contributed by atoms with Crippen molar-refractivity contribution in [3.63, 3.8) is 0 Å². The van der Waals surface area contributed by atoms with E-state index >= 15 is 0 Å². The Morgan fingerprint density at radius 2 is 1.75 bits per heavy atom. The van der Waals surface area contributed by atoms with Gasteiger partial charge in [-0.2, -0.15) is 5.10 Å². The summed E-state index contributed by atoms with van der Waals surface area (Å²) < 4.78 is 3.43. The molecule has 182 valence electrons. The molecule has 5 aromatic rings. The molecule has 0 aliphatic heterocycles. The largest absolute Gasteiger partial charge is 0.352 e. The Bertz CT molecular complexity index is 1570. The van der Waals surface area contributed by atoms with E-state index < -0.39 is 0 Å². The number of hydrogen-bond acceptors (Lipinski definition) is 5. The number of nitrogens with one attached hydrogen (secondary N) is 1. The van der Waals surface area contributed by atoms with Crippen LogP contribution >= 0.6 is 11.3 Å². The van der Waals surface area contributed by atoms with E-state index in [9.17, 15) is 9.59 Å². The zero-order valence-corrected chi connectivity index (χ0v) is 21.1. The van der Waals surface area contributed by atoms with Gasteiger partial charge in [0, 0.05) is 41.7 Å². The SMILES string of the molecule is Cc1sc2ncn(CCC(=O)NCc3cn(Cc4ccccc4)nc3-c3ccccc3)c(=O)c2c1C. The number of thiophene rings is 1. The van der Waals surface area contributed by atoms with Crippen LogP contribution in [0.3, 0.4) is 0 Å². The van der Waals surface area contributed by atoms with Crippen LogP contribution in [0.4, 0.5) is 0 Å². The second kappa shape index (κ2) is 10.3. The van der Waals surface area contributed by atoms with Gasteiger partial charge in [0.25, 0.3) is 5.56 Å². The molecular formula is C28H27N5O2S. The molecule has 3 aromatic heterocycles. The monoisotopic (exact) mass is 497 g/mol. The Morgan fingerprint density at radius 3 is 2.50 bits per heavy atom. The molecule has 7 nitrogen and oxygen atoms in total. The van der Waals surface area contributed by atoms with Crippen LogP contribution in [0.25, 0.3) is 21.5 Å². The van der Waals surface area contributed by atoms with E-state index in [2.05, 4.69) is 22.4 Å². The van der Waals surface area contributed by atoms with E-state index in [1.54, 1.807) is 0 Å². The van der Waals surface area contributed by atoms with Gasteiger partial charge in [-0.15, -0.1) is 11.3 Å². The van der Waals surface area contributed by atoms with Crippen LogP contribution < -0.4 is 10.9 Å². The molecule has 36 heavy (non-hydrogen) atoms. The number of benzene rings is 2. The number of hydrogen-bond donors (Lipinski definition) is 1. The number of aromatic nitrogens is 4. The van der Waals surface area contributed by atoms with E-state index in [1.807, 2.05) is 73.3 Å². The molecule has 0 aliphatic carbocycles. The van der Waals surface area contributed by atoms with Crippen molar-refractivity contribution in [2.24, 2.45) is 0 Å². The number of nitrogens with zero attached hydrogens (tertiary/aromatic N) is 4. The van der Waals surface area contributed by atoms with Crippen LogP contribution in [0.1, 0.15) is 28.0 Å². The fourth-order valence-corrected chi connectivity index (χ4v) is 5.20. The summed E-state index contributed by atoms with van der Waals surface area (Å²) in [6, 6.07) is 20.1. The molecule has 0 spiro atoms. The predicted octanol–water partition coefficient (Wildman–Crippen LogP) is 4.69. The molecule has 0 radical (unpaired) electrons. The first-order chi connectivity index (χ1) is 17.5. The summed E-state index contributed by atoms with van der Waals surface area (Å²) >= 11 is 1.52. The molecule has 5 rings (SSSR count). The van der Waals surface area contributed by atoms with Crippen molar-refractivity contribution in [2.75, 3.05) is 0 Å². The third-order valence-electron chi connectivity index (χ3n) is 6.28. The summed E-state index contributed by atoms with van der Waals surface area (Å²) in [5.41, 5.74) is 4.81. The van der Waals surface area contributed by atoms with E-state index in [0.717, 1.165) is 37.7 Å². The normalized spacial score (nSPS) is 11.2. The van der Waals surface area contributed by atoms with Crippen molar-refractivity contribution in [1.29, 1.82) is 0 Å². The smallest absolute Gasteiger partial charge is 0.262 e. The molecular weight excluding hydrogens is 470 g/mol.